The summed E-state index contributed by atoms with van der Waals surface area (Å²) in [5, 5.41) is 4.54. The molecule has 144 valence electrons. The number of hydrogen-bond donors (Lipinski definition) is 1. The molecule has 0 spiro atoms. The van der Waals surface area contributed by atoms with Gasteiger partial charge in [-0.2, -0.15) is 0 Å². The number of nitrogens with one attached hydrogen (secondary N) is 1. The smallest absolute Gasteiger partial charge is 0.338 e. The lowest BCUT2D eigenvalue weighted by Crippen LogP contribution is -2.24. The Morgan fingerprint density at radius 1 is 1.00 bits per heavy atom. The average molecular weight is 404 g/mol. The molecule has 0 aliphatic carbocycles. The van der Waals surface area contributed by atoms with Crippen LogP contribution in [0.25, 0.3) is 16.6 Å². The molecular weight excluding hydrogens is 388 g/mol. The normalized spacial score (nSPS) is 10.7. The summed E-state index contributed by atoms with van der Waals surface area (Å²) in [6.07, 6.45) is 1.75. The van der Waals surface area contributed by atoms with Gasteiger partial charge in [0.1, 0.15) is 5.69 Å². The SMILES string of the molecule is COC(=O)c1csc(NC(=O)C(=O)c2c(-c3ccccc3)cc3ccccn23)c1. The lowest BCUT2D eigenvalue weighted by molar-refractivity contribution is -0.112. The fraction of sp³-hybridized carbons (Fsp3) is 0.0455. The minimum absolute atomic E-state index is 0.286. The Kier molecular flexibility index (Phi) is 4.97. The fourth-order valence-corrected chi connectivity index (χ4v) is 3.86. The number of aromatic nitrogens is 1. The van der Waals surface area contributed by atoms with E-state index in [2.05, 4.69) is 10.1 Å². The molecule has 0 saturated carbocycles. The van der Waals surface area contributed by atoms with Gasteiger partial charge >= 0.3 is 5.97 Å². The number of thiophene rings is 1. The van der Waals surface area contributed by atoms with E-state index in [0.717, 1.165) is 22.4 Å². The van der Waals surface area contributed by atoms with Crippen LogP contribution in [0.2, 0.25) is 0 Å². The highest BCUT2D eigenvalue weighted by molar-refractivity contribution is 7.14. The number of ketones is 1. The highest BCUT2D eigenvalue weighted by atomic mass is 32.1. The maximum Gasteiger partial charge on any atom is 0.338 e. The van der Waals surface area contributed by atoms with Gasteiger partial charge in [-0.3, -0.25) is 9.59 Å². The van der Waals surface area contributed by atoms with Gasteiger partial charge < -0.3 is 14.5 Å². The Balaban J connectivity index is 1.70. The first kappa shape index (κ1) is 18.6. The van der Waals surface area contributed by atoms with Crippen molar-refractivity contribution in [2.24, 2.45) is 0 Å². The lowest BCUT2D eigenvalue weighted by Gasteiger charge is -2.06. The Hall–Kier alpha value is -3.71. The molecule has 1 amide bonds. The third kappa shape index (κ3) is 3.55. The summed E-state index contributed by atoms with van der Waals surface area (Å²) in [5.41, 5.74) is 2.94. The van der Waals surface area contributed by atoms with Crippen molar-refractivity contribution in [3.63, 3.8) is 0 Å². The summed E-state index contributed by atoms with van der Waals surface area (Å²) in [7, 11) is 1.28. The predicted octanol–water partition coefficient (Wildman–Crippen LogP) is 4.28. The van der Waals surface area contributed by atoms with Crippen molar-refractivity contribution in [3.8, 4) is 11.1 Å². The number of carbonyl (C=O) groups excluding carboxylic acids is 3. The van der Waals surface area contributed by atoms with Gasteiger partial charge in [0.25, 0.3) is 11.7 Å². The number of carbonyl (C=O) groups is 3. The van der Waals surface area contributed by atoms with Crippen molar-refractivity contribution in [1.29, 1.82) is 0 Å². The number of fused-ring (bicyclic) bond motifs is 1. The predicted molar refractivity (Wildman–Crippen MR) is 111 cm³/mol. The standard InChI is InChI=1S/C22H16N2O4S/c1-28-22(27)15-11-18(29-13-15)23-21(26)20(25)19-17(14-7-3-2-4-8-14)12-16-9-5-6-10-24(16)19/h2-13H,1H3,(H,23,26). The molecule has 0 aliphatic heterocycles. The van der Waals surface area contributed by atoms with Gasteiger partial charge in [0.05, 0.1) is 17.7 Å². The number of esters is 1. The van der Waals surface area contributed by atoms with Crippen LogP contribution in [0.1, 0.15) is 20.8 Å². The Labute approximate surface area is 170 Å². The number of hydrogen-bond acceptors (Lipinski definition) is 5. The first-order valence-electron chi connectivity index (χ1n) is 8.76. The average Bonchev–Trinajstić information content (AvgIpc) is 3.38. The number of nitrogens with zero attached hydrogens (tertiary/aromatic N) is 1. The summed E-state index contributed by atoms with van der Waals surface area (Å²) in [5.74, 6) is -1.94. The van der Waals surface area contributed by atoms with Crippen LogP contribution in [0.5, 0.6) is 0 Å². The fourth-order valence-electron chi connectivity index (χ4n) is 3.10. The summed E-state index contributed by atoms with van der Waals surface area (Å²) in [6.45, 7) is 0. The summed E-state index contributed by atoms with van der Waals surface area (Å²) >= 11 is 1.15. The molecule has 3 aromatic heterocycles. The molecule has 4 aromatic rings. The van der Waals surface area contributed by atoms with E-state index in [1.807, 2.05) is 48.5 Å². The monoisotopic (exact) mass is 404 g/mol. The topological polar surface area (TPSA) is 76.9 Å². The zero-order valence-corrected chi connectivity index (χ0v) is 16.2. The highest BCUT2D eigenvalue weighted by Crippen LogP contribution is 2.29. The first-order valence-corrected chi connectivity index (χ1v) is 9.64. The third-order valence-electron chi connectivity index (χ3n) is 4.44. The maximum absolute atomic E-state index is 13.1. The quantitative estimate of drug-likeness (QED) is 0.306. The molecule has 0 fully saturated rings. The summed E-state index contributed by atoms with van der Waals surface area (Å²) in [4.78, 5) is 37.4. The van der Waals surface area contributed by atoms with Crippen LogP contribution in [0, 0.1) is 0 Å². The second kappa shape index (κ2) is 7.73. The molecule has 1 aromatic carbocycles. The number of anilines is 1. The number of benzene rings is 1. The van der Waals surface area contributed by atoms with Crippen LogP contribution >= 0.6 is 11.3 Å². The zero-order valence-electron chi connectivity index (χ0n) is 15.4. The number of Topliss-reactive ketones (excluding diaryl/α,β-unsaturated/α-hetero) is 1. The molecule has 0 aliphatic rings. The van der Waals surface area contributed by atoms with Crippen molar-refractivity contribution >= 4 is 39.5 Å². The van der Waals surface area contributed by atoms with Crippen LogP contribution < -0.4 is 5.32 Å². The van der Waals surface area contributed by atoms with E-state index < -0.39 is 17.7 Å². The molecule has 7 heteroatoms. The van der Waals surface area contributed by atoms with Crippen molar-refractivity contribution in [3.05, 3.63) is 83.5 Å². The van der Waals surface area contributed by atoms with E-state index >= 15 is 0 Å². The van der Waals surface area contributed by atoms with Gasteiger partial charge in [-0.25, -0.2) is 4.79 Å². The molecular formula is C22H16N2O4S. The van der Waals surface area contributed by atoms with Gasteiger partial charge in [-0.1, -0.05) is 36.4 Å². The Morgan fingerprint density at radius 3 is 2.52 bits per heavy atom. The zero-order chi connectivity index (χ0) is 20.4. The minimum Gasteiger partial charge on any atom is -0.465 e. The van der Waals surface area contributed by atoms with Gasteiger partial charge in [0.15, 0.2) is 0 Å². The lowest BCUT2D eigenvalue weighted by atomic mass is 10.0. The molecule has 0 bridgehead atoms. The van der Waals surface area contributed by atoms with Crippen LogP contribution in [0.15, 0.2) is 72.2 Å². The van der Waals surface area contributed by atoms with Crippen LogP contribution in [-0.2, 0) is 9.53 Å². The largest absolute Gasteiger partial charge is 0.465 e. The number of rotatable bonds is 5. The molecule has 4 rings (SSSR count). The Bertz CT molecular complexity index is 1220. The number of pyridine rings is 1. The number of amides is 1. The van der Waals surface area contributed by atoms with Crippen molar-refractivity contribution in [1.82, 2.24) is 4.40 Å². The number of ether oxygens (including phenoxy) is 1. The van der Waals surface area contributed by atoms with Gasteiger partial charge in [-0.15, -0.1) is 11.3 Å². The second-order valence-electron chi connectivity index (χ2n) is 6.24. The van der Waals surface area contributed by atoms with Crippen molar-refractivity contribution in [2.45, 2.75) is 0 Å². The summed E-state index contributed by atoms with van der Waals surface area (Å²) in [6, 6.07) is 18.4. The molecule has 6 nitrogen and oxygen atoms in total. The minimum atomic E-state index is -0.774. The van der Waals surface area contributed by atoms with Gasteiger partial charge in [0, 0.05) is 22.7 Å². The van der Waals surface area contributed by atoms with Crippen molar-refractivity contribution < 1.29 is 19.1 Å². The highest BCUT2D eigenvalue weighted by Gasteiger charge is 2.25. The van der Waals surface area contributed by atoms with E-state index in [4.69, 9.17) is 0 Å². The van der Waals surface area contributed by atoms with Crippen molar-refractivity contribution in [2.75, 3.05) is 12.4 Å². The number of methoxy groups -OCH3 is 1. The van der Waals surface area contributed by atoms with E-state index in [1.54, 1.807) is 22.0 Å². The second-order valence-corrected chi connectivity index (χ2v) is 7.15. The first-order chi connectivity index (χ1) is 14.1. The van der Waals surface area contributed by atoms with E-state index in [9.17, 15) is 14.4 Å². The molecule has 3 heterocycles. The van der Waals surface area contributed by atoms with Crippen LogP contribution in [-0.4, -0.2) is 29.2 Å². The molecule has 29 heavy (non-hydrogen) atoms. The van der Waals surface area contributed by atoms with E-state index in [0.29, 0.717) is 16.1 Å². The molecule has 1 N–H and O–H groups in total. The molecule has 0 atom stereocenters. The van der Waals surface area contributed by atoms with Crippen LogP contribution in [0.4, 0.5) is 5.00 Å². The molecule has 0 saturated heterocycles. The van der Waals surface area contributed by atoms with Gasteiger partial charge in [-0.05, 0) is 29.8 Å². The molecule has 0 unspecified atom stereocenters. The van der Waals surface area contributed by atoms with Crippen LogP contribution in [0.3, 0.4) is 0 Å². The summed E-state index contributed by atoms with van der Waals surface area (Å²) < 4.78 is 6.37. The van der Waals surface area contributed by atoms with E-state index in [1.165, 1.54) is 13.2 Å². The maximum atomic E-state index is 13.1. The van der Waals surface area contributed by atoms with Gasteiger partial charge in [0.2, 0.25) is 0 Å². The third-order valence-corrected chi connectivity index (χ3v) is 5.29. The van der Waals surface area contributed by atoms with E-state index in [-0.39, 0.29) is 5.69 Å². The Morgan fingerprint density at radius 2 is 1.76 bits per heavy atom. The molecule has 0 radical (unpaired) electrons.